The summed E-state index contributed by atoms with van der Waals surface area (Å²) in [6.45, 7) is 7.99. The second-order valence-electron chi connectivity index (χ2n) is 7.49. The van der Waals surface area contributed by atoms with Crippen LogP contribution in [0.15, 0.2) is 48.5 Å². The van der Waals surface area contributed by atoms with E-state index >= 15 is 0 Å². The van der Waals surface area contributed by atoms with Crippen LogP contribution in [-0.2, 0) is 11.7 Å². The Bertz CT molecular complexity index is 943. The Morgan fingerprint density at radius 2 is 1.68 bits per heavy atom. The molecule has 3 rings (SSSR count). The number of rotatable bonds is 5. The van der Waals surface area contributed by atoms with E-state index in [4.69, 9.17) is 0 Å². The predicted octanol–water partition coefficient (Wildman–Crippen LogP) is 5.15. The van der Waals surface area contributed by atoms with Gasteiger partial charge in [0.2, 0.25) is 0 Å². The number of halogens is 3. The van der Waals surface area contributed by atoms with Gasteiger partial charge >= 0.3 is 6.18 Å². The first-order valence-corrected chi connectivity index (χ1v) is 8.92. The van der Waals surface area contributed by atoms with Gasteiger partial charge in [-0.25, -0.2) is 0 Å². The second-order valence-corrected chi connectivity index (χ2v) is 7.49. The molecule has 0 aliphatic rings. The molecule has 0 bridgehead atoms. The Hall–Kier alpha value is -2.90. The molecule has 1 aromatic heterocycles. The maximum Gasteiger partial charge on any atom is 0.416 e. The summed E-state index contributed by atoms with van der Waals surface area (Å²) in [5, 5.41) is 15.0. The van der Waals surface area contributed by atoms with Crippen molar-refractivity contribution < 1.29 is 13.2 Å². The van der Waals surface area contributed by atoms with E-state index in [0.717, 1.165) is 17.8 Å². The van der Waals surface area contributed by atoms with E-state index in [1.54, 1.807) is 6.07 Å². The molecule has 0 saturated carbocycles. The highest BCUT2D eigenvalue weighted by Crippen LogP contribution is 2.31. The number of aromatic nitrogens is 4. The molecule has 0 saturated heterocycles. The Morgan fingerprint density at radius 1 is 1.00 bits per heavy atom. The summed E-state index contributed by atoms with van der Waals surface area (Å²) in [4.78, 5) is 0. The standard InChI is InChI=1S/C20H22F3N5/c1-13(2)14-8-10-16(11-9-14)24-19(3,4)18-25-26-27-28(18)17-7-5-6-15(12-17)20(21,22)23/h5-13,24H,1-4H3. The number of anilines is 1. The largest absolute Gasteiger partial charge is 0.416 e. The highest BCUT2D eigenvalue weighted by Gasteiger charge is 2.32. The van der Waals surface area contributed by atoms with Gasteiger partial charge in [-0.2, -0.15) is 17.9 Å². The summed E-state index contributed by atoms with van der Waals surface area (Å²) in [7, 11) is 0. The molecule has 28 heavy (non-hydrogen) atoms. The molecule has 0 aliphatic carbocycles. The molecule has 2 aromatic carbocycles. The molecule has 0 amide bonds. The highest BCUT2D eigenvalue weighted by molar-refractivity contribution is 5.48. The minimum absolute atomic E-state index is 0.250. The number of tetrazole rings is 1. The molecule has 0 atom stereocenters. The van der Waals surface area contributed by atoms with E-state index < -0.39 is 17.3 Å². The molecule has 8 heteroatoms. The molecular weight excluding hydrogens is 367 g/mol. The van der Waals surface area contributed by atoms with Crippen LogP contribution in [0.1, 0.15) is 50.6 Å². The van der Waals surface area contributed by atoms with Crippen LogP contribution in [0, 0.1) is 0 Å². The number of hydrogen-bond donors (Lipinski definition) is 1. The molecular formula is C20H22F3N5. The van der Waals surface area contributed by atoms with Crippen molar-refractivity contribution in [1.29, 1.82) is 0 Å². The fourth-order valence-corrected chi connectivity index (χ4v) is 2.93. The number of alkyl halides is 3. The number of benzene rings is 2. The van der Waals surface area contributed by atoms with Crippen LogP contribution >= 0.6 is 0 Å². The molecule has 1 N–H and O–H groups in total. The van der Waals surface area contributed by atoms with Gasteiger partial charge in [0.15, 0.2) is 5.82 Å². The van der Waals surface area contributed by atoms with E-state index in [9.17, 15) is 13.2 Å². The fraction of sp³-hybridized carbons (Fsp3) is 0.350. The number of hydrogen-bond acceptors (Lipinski definition) is 4. The lowest BCUT2D eigenvalue weighted by Gasteiger charge is -2.26. The first-order chi connectivity index (χ1) is 13.1. The van der Waals surface area contributed by atoms with Gasteiger partial charge in [0, 0.05) is 5.69 Å². The Labute approximate surface area is 161 Å². The van der Waals surface area contributed by atoms with Gasteiger partial charge in [0.05, 0.1) is 16.8 Å². The molecule has 0 fully saturated rings. The van der Waals surface area contributed by atoms with Crippen LogP contribution in [0.5, 0.6) is 0 Å². The molecule has 0 unspecified atom stereocenters. The summed E-state index contributed by atoms with van der Waals surface area (Å²) in [5.41, 5.74) is 0.864. The number of nitrogens with zero attached hydrogens (tertiary/aromatic N) is 4. The Balaban J connectivity index is 1.91. The van der Waals surface area contributed by atoms with E-state index in [0.29, 0.717) is 11.7 Å². The van der Waals surface area contributed by atoms with Crippen LogP contribution in [0.2, 0.25) is 0 Å². The van der Waals surface area contributed by atoms with E-state index in [-0.39, 0.29) is 5.69 Å². The van der Waals surface area contributed by atoms with Gasteiger partial charge in [-0.05, 0) is 66.1 Å². The molecule has 1 heterocycles. The molecule has 3 aromatic rings. The van der Waals surface area contributed by atoms with Crippen molar-refractivity contribution in [1.82, 2.24) is 20.2 Å². The summed E-state index contributed by atoms with van der Waals surface area (Å²) < 4.78 is 40.5. The van der Waals surface area contributed by atoms with Gasteiger partial charge in [0.25, 0.3) is 0 Å². The topological polar surface area (TPSA) is 55.6 Å². The minimum atomic E-state index is -4.43. The Morgan fingerprint density at radius 3 is 2.29 bits per heavy atom. The van der Waals surface area contributed by atoms with Gasteiger partial charge in [-0.3, -0.25) is 0 Å². The molecule has 0 spiro atoms. The first kappa shape index (κ1) is 19.9. The lowest BCUT2D eigenvalue weighted by atomic mass is 10.0. The van der Waals surface area contributed by atoms with E-state index in [1.165, 1.54) is 16.3 Å². The van der Waals surface area contributed by atoms with Crippen molar-refractivity contribution in [3.05, 3.63) is 65.5 Å². The lowest BCUT2D eigenvalue weighted by molar-refractivity contribution is -0.137. The summed E-state index contributed by atoms with van der Waals surface area (Å²) >= 11 is 0. The van der Waals surface area contributed by atoms with E-state index in [1.807, 2.05) is 38.1 Å². The third-order valence-corrected chi connectivity index (χ3v) is 4.48. The van der Waals surface area contributed by atoms with Crippen molar-refractivity contribution in [3.8, 4) is 5.69 Å². The monoisotopic (exact) mass is 389 g/mol. The van der Waals surface area contributed by atoms with Crippen LogP contribution in [0.25, 0.3) is 5.69 Å². The summed E-state index contributed by atoms with van der Waals surface area (Å²) in [5.74, 6) is 0.829. The summed E-state index contributed by atoms with van der Waals surface area (Å²) in [6.07, 6.45) is -4.43. The van der Waals surface area contributed by atoms with Gasteiger partial charge in [-0.15, -0.1) is 5.10 Å². The Kier molecular flexibility index (Phi) is 5.14. The molecule has 0 radical (unpaired) electrons. The average molecular weight is 389 g/mol. The lowest BCUT2D eigenvalue weighted by Crippen LogP contribution is -2.32. The first-order valence-electron chi connectivity index (χ1n) is 8.92. The molecule has 148 valence electrons. The minimum Gasteiger partial charge on any atom is -0.373 e. The van der Waals surface area contributed by atoms with Crippen molar-refractivity contribution in [3.63, 3.8) is 0 Å². The normalized spacial score (nSPS) is 12.4. The van der Waals surface area contributed by atoms with Crippen LogP contribution in [0.4, 0.5) is 18.9 Å². The van der Waals surface area contributed by atoms with Crippen LogP contribution in [-0.4, -0.2) is 20.2 Å². The highest BCUT2D eigenvalue weighted by atomic mass is 19.4. The maximum absolute atomic E-state index is 13.0. The summed E-state index contributed by atoms with van der Waals surface area (Å²) in [6, 6.07) is 13.0. The van der Waals surface area contributed by atoms with Crippen molar-refractivity contribution in [2.24, 2.45) is 0 Å². The zero-order chi connectivity index (χ0) is 20.5. The van der Waals surface area contributed by atoms with Crippen LogP contribution in [0.3, 0.4) is 0 Å². The predicted molar refractivity (Wildman–Crippen MR) is 101 cm³/mol. The van der Waals surface area contributed by atoms with Gasteiger partial charge < -0.3 is 5.32 Å². The smallest absolute Gasteiger partial charge is 0.373 e. The zero-order valence-electron chi connectivity index (χ0n) is 16.1. The van der Waals surface area contributed by atoms with Gasteiger partial charge in [-0.1, -0.05) is 32.0 Å². The molecule has 0 aliphatic heterocycles. The van der Waals surface area contributed by atoms with Crippen molar-refractivity contribution in [2.75, 3.05) is 5.32 Å². The zero-order valence-corrected chi connectivity index (χ0v) is 16.1. The third kappa shape index (κ3) is 4.16. The maximum atomic E-state index is 13.0. The van der Waals surface area contributed by atoms with Crippen molar-refractivity contribution in [2.45, 2.75) is 45.3 Å². The van der Waals surface area contributed by atoms with Gasteiger partial charge in [0.1, 0.15) is 0 Å². The average Bonchev–Trinajstić information content (AvgIpc) is 3.12. The van der Waals surface area contributed by atoms with E-state index in [2.05, 4.69) is 34.7 Å². The SMILES string of the molecule is CC(C)c1ccc(NC(C)(C)c2nnnn2-c2cccc(C(F)(F)F)c2)cc1. The number of nitrogens with one attached hydrogen (secondary N) is 1. The molecule has 5 nitrogen and oxygen atoms in total. The fourth-order valence-electron chi connectivity index (χ4n) is 2.93. The van der Waals surface area contributed by atoms with Crippen LogP contribution < -0.4 is 5.32 Å². The third-order valence-electron chi connectivity index (χ3n) is 4.48. The second kappa shape index (κ2) is 7.26. The quantitative estimate of drug-likeness (QED) is 0.656. The van der Waals surface area contributed by atoms with Crippen molar-refractivity contribution >= 4 is 5.69 Å².